The SMILES string of the molecule is CC(C)c1csc(-c2nc(O[C@@H]3C[C@H]4C(=O)N[C@]5(C(=O)NS(=O)(=O)C6(C)CC6)C[C@@H]5/C=C\CCCCC[C@H](NC(=O)OC5CCCC5)C(=O)N4C3)c3oc4ccccc4c3n2)n1. The van der Waals surface area contributed by atoms with Gasteiger partial charge < -0.3 is 29.4 Å². The number of carbonyl (C=O) groups excluding carboxylic acids is 4. The van der Waals surface area contributed by atoms with Gasteiger partial charge in [0.2, 0.25) is 27.4 Å². The molecule has 3 N–H and O–H groups in total. The molecule has 4 aromatic rings. The summed E-state index contributed by atoms with van der Waals surface area (Å²) in [5.41, 5.74) is 0.727. The monoisotopic (exact) mass is 887 g/mol. The first-order valence-electron chi connectivity index (χ1n) is 21.9. The van der Waals surface area contributed by atoms with Crippen molar-refractivity contribution in [2.45, 2.75) is 145 Å². The van der Waals surface area contributed by atoms with Crippen LogP contribution in [0.1, 0.15) is 116 Å². The smallest absolute Gasteiger partial charge is 0.408 e. The standard InChI is InChI=1S/C44H53N7O9S2/c1-25(2)31-24-61-39(45-31)36-47-34-29-16-11-12-18-33(29)60-35(34)38(48-36)58-28-21-32-37(52)49-44(41(54)50-62(56,57)43(3)19-20-43)22-26(44)13-7-5-4-6-8-17-30(40(53)51(32)23-28)46-42(55)59-27-14-9-10-15-27/h7,11-13,16,18,24-28,30,32H,4-6,8-10,14-15,17,19-23H2,1-3H3,(H,46,55)(H,49,52)(H,50,54)/b13-7-/t26-,28+,30-,32-,44+/m0/s1. The van der Waals surface area contributed by atoms with Crippen LogP contribution in [0.25, 0.3) is 32.9 Å². The number of rotatable bonds is 9. The Bertz CT molecular complexity index is 2540. The van der Waals surface area contributed by atoms with Crippen molar-refractivity contribution >= 4 is 67.2 Å². The molecular weight excluding hydrogens is 835 g/mol. The molecule has 1 saturated heterocycles. The summed E-state index contributed by atoms with van der Waals surface area (Å²) in [5, 5.41) is 9.06. The number of aromatic nitrogens is 3. The zero-order valence-electron chi connectivity index (χ0n) is 35.2. The Morgan fingerprint density at radius 1 is 1.02 bits per heavy atom. The molecule has 3 aliphatic carbocycles. The topological polar surface area (TPSA) is 212 Å². The van der Waals surface area contributed by atoms with E-state index in [0.29, 0.717) is 59.6 Å². The molecular formula is C44H53N7O9S2. The fraction of sp³-hybridized carbons (Fsp3) is 0.568. The predicted molar refractivity (Wildman–Crippen MR) is 231 cm³/mol. The Morgan fingerprint density at radius 2 is 1.79 bits per heavy atom. The van der Waals surface area contributed by atoms with Gasteiger partial charge in [-0.1, -0.05) is 51.0 Å². The molecule has 0 radical (unpaired) electrons. The third kappa shape index (κ3) is 8.27. The van der Waals surface area contributed by atoms with Gasteiger partial charge in [0.05, 0.1) is 17.0 Å². The summed E-state index contributed by atoms with van der Waals surface area (Å²) >= 11 is 1.41. The molecule has 62 heavy (non-hydrogen) atoms. The summed E-state index contributed by atoms with van der Waals surface area (Å²) in [5.74, 6) is -1.78. The molecule has 4 fully saturated rings. The zero-order chi connectivity index (χ0) is 43.4. The van der Waals surface area contributed by atoms with Crippen LogP contribution in [-0.4, -0.2) is 93.2 Å². The molecule has 5 aliphatic rings. The molecule has 5 atom stereocenters. The van der Waals surface area contributed by atoms with Crippen molar-refractivity contribution in [3.63, 3.8) is 0 Å². The second-order valence-corrected chi connectivity index (χ2v) is 21.1. The van der Waals surface area contributed by atoms with Crippen LogP contribution in [-0.2, 0) is 29.1 Å². The summed E-state index contributed by atoms with van der Waals surface area (Å²) in [7, 11) is -4.02. The molecule has 330 valence electrons. The number of sulfonamides is 1. The average molecular weight is 888 g/mol. The number of fused-ring (bicyclic) bond motifs is 5. The first kappa shape index (κ1) is 42.2. The van der Waals surface area contributed by atoms with Gasteiger partial charge >= 0.3 is 6.09 Å². The Morgan fingerprint density at radius 3 is 2.55 bits per heavy atom. The molecule has 18 heteroatoms. The number of nitrogens with one attached hydrogen (secondary N) is 3. The van der Waals surface area contributed by atoms with Crippen molar-refractivity contribution in [1.29, 1.82) is 0 Å². The van der Waals surface area contributed by atoms with Crippen molar-refractivity contribution in [2.75, 3.05) is 6.54 Å². The Balaban J connectivity index is 1.05. The van der Waals surface area contributed by atoms with Crippen molar-refractivity contribution in [3.05, 3.63) is 47.5 Å². The third-order valence-corrected chi connectivity index (χ3v) is 16.1. The second kappa shape index (κ2) is 16.5. The Labute approximate surface area is 364 Å². The van der Waals surface area contributed by atoms with Gasteiger partial charge in [-0.15, -0.1) is 11.3 Å². The Kier molecular flexibility index (Phi) is 11.3. The number of alkyl carbamates (subject to hydrolysis) is 1. The van der Waals surface area contributed by atoms with Crippen LogP contribution in [0, 0.1) is 5.92 Å². The molecule has 4 amide bonds. The van der Waals surface area contributed by atoms with Crippen molar-refractivity contribution < 1.29 is 41.5 Å². The van der Waals surface area contributed by atoms with Crippen molar-refractivity contribution in [1.82, 2.24) is 35.2 Å². The number of amides is 4. The Hall–Kier alpha value is -5.10. The zero-order valence-corrected chi connectivity index (χ0v) is 36.8. The van der Waals surface area contributed by atoms with Gasteiger partial charge in [0.15, 0.2) is 10.8 Å². The van der Waals surface area contributed by atoms with Crippen LogP contribution < -0.4 is 20.1 Å². The maximum absolute atomic E-state index is 14.8. The number of furan rings is 1. The number of carbonyl (C=O) groups is 4. The molecule has 3 saturated carbocycles. The van der Waals surface area contributed by atoms with Crippen LogP contribution in [0.4, 0.5) is 4.79 Å². The van der Waals surface area contributed by atoms with E-state index in [4.69, 9.17) is 28.8 Å². The first-order valence-corrected chi connectivity index (χ1v) is 24.2. The van der Waals surface area contributed by atoms with E-state index in [-0.39, 0.29) is 37.3 Å². The molecule has 3 aromatic heterocycles. The van der Waals surface area contributed by atoms with Gasteiger partial charge in [-0.25, -0.2) is 23.2 Å². The summed E-state index contributed by atoms with van der Waals surface area (Å²) < 4.78 is 46.5. The third-order valence-electron chi connectivity index (χ3n) is 13.1. The van der Waals surface area contributed by atoms with E-state index in [2.05, 4.69) is 29.2 Å². The molecule has 0 bridgehead atoms. The summed E-state index contributed by atoms with van der Waals surface area (Å²) in [6, 6.07) is 5.27. The largest absolute Gasteiger partial charge is 0.470 e. The first-order chi connectivity index (χ1) is 29.7. The highest BCUT2D eigenvalue weighted by Crippen LogP contribution is 2.48. The summed E-state index contributed by atoms with van der Waals surface area (Å²) in [4.78, 5) is 72.7. The normalized spacial score (nSPS) is 27.2. The molecule has 9 rings (SSSR count). The van der Waals surface area contributed by atoms with Crippen molar-refractivity contribution in [3.8, 4) is 16.7 Å². The molecule has 1 aromatic carbocycles. The highest BCUT2D eigenvalue weighted by atomic mass is 32.2. The fourth-order valence-electron chi connectivity index (χ4n) is 8.83. The van der Waals surface area contributed by atoms with E-state index in [0.717, 1.165) is 49.6 Å². The van der Waals surface area contributed by atoms with Crippen LogP contribution in [0.3, 0.4) is 0 Å². The van der Waals surface area contributed by atoms with Gasteiger partial charge in [-0.2, -0.15) is 4.98 Å². The number of nitrogens with zero attached hydrogens (tertiary/aromatic N) is 4. The van der Waals surface area contributed by atoms with Gasteiger partial charge in [-0.05, 0) is 89.2 Å². The summed E-state index contributed by atoms with van der Waals surface area (Å²) in [6.07, 6.45) is 9.74. The van der Waals surface area contributed by atoms with E-state index >= 15 is 0 Å². The average Bonchev–Trinajstić information content (AvgIpc) is 3.73. The van der Waals surface area contributed by atoms with Crippen LogP contribution in [0.2, 0.25) is 0 Å². The van der Waals surface area contributed by atoms with Gasteiger partial charge in [-0.3, -0.25) is 19.1 Å². The maximum atomic E-state index is 14.8. The number of thiazole rings is 1. The lowest BCUT2D eigenvalue weighted by atomic mass is 10.0. The highest BCUT2D eigenvalue weighted by molar-refractivity contribution is 7.91. The lowest BCUT2D eigenvalue weighted by Gasteiger charge is -2.30. The van der Waals surface area contributed by atoms with Crippen molar-refractivity contribution in [2.24, 2.45) is 5.92 Å². The number of hydrogen-bond donors (Lipinski definition) is 3. The van der Waals surface area contributed by atoms with E-state index in [1.54, 1.807) is 6.92 Å². The van der Waals surface area contributed by atoms with Gasteiger partial charge in [0.25, 0.3) is 11.8 Å². The number of ether oxygens (including phenoxy) is 2. The fourth-order valence-corrected chi connectivity index (χ4v) is 11.1. The summed E-state index contributed by atoms with van der Waals surface area (Å²) in [6.45, 7) is 5.63. The van der Waals surface area contributed by atoms with Crippen LogP contribution in [0.5, 0.6) is 5.88 Å². The number of allylic oxidation sites excluding steroid dienone is 1. The molecule has 0 spiro atoms. The van der Waals surface area contributed by atoms with E-state index in [1.807, 2.05) is 41.8 Å². The van der Waals surface area contributed by atoms with E-state index < -0.39 is 68.2 Å². The minimum absolute atomic E-state index is 0.0127. The second-order valence-electron chi connectivity index (χ2n) is 18.1. The minimum Gasteiger partial charge on any atom is -0.470 e. The molecule has 5 heterocycles. The van der Waals surface area contributed by atoms with Gasteiger partial charge in [0, 0.05) is 23.1 Å². The number of benzene rings is 1. The van der Waals surface area contributed by atoms with Crippen LogP contribution >= 0.6 is 11.3 Å². The lowest BCUT2D eigenvalue weighted by molar-refractivity contribution is -0.141. The molecule has 0 unspecified atom stereocenters. The number of para-hydroxylation sites is 1. The molecule has 16 nitrogen and oxygen atoms in total. The van der Waals surface area contributed by atoms with E-state index in [9.17, 15) is 27.6 Å². The minimum atomic E-state index is -4.02. The number of hydrogen-bond acceptors (Lipinski definition) is 13. The van der Waals surface area contributed by atoms with Crippen LogP contribution in [0.15, 0.2) is 46.2 Å². The quantitative estimate of drug-likeness (QED) is 0.156. The van der Waals surface area contributed by atoms with E-state index in [1.165, 1.54) is 16.2 Å². The lowest BCUT2D eigenvalue weighted by Crippen LogP contribution is -2.58. The predicted octanol–water partition coefficient (Wildman–Crippen LogP) is 6.40. The maximum Gasteiger partial charge on any atom is 0.408 e. The highest BCUT2D eigenvalue weighted by Gasteiger charge is 2.63. The van der Waals surface area contributed by atoms with Gasteiger partial charge in [0.1, 0.15) is 40.9 Å². The molecule has 2 aliphatic heterocycles.